The van der Waals surface area contributed by atoms with Crippen molar-refractivity contribution in [3.63, 3.8) is 0 Å². The Kier molecular flexibility index (Phi) is 6.46. The molecule has 0 saturated carbocycles. The molecule has 1 rings (SSSR count). The molecule has 0 radical (unpaired) electrons. The van der Waals surface area contributed by atoms with E-state index in [4.69, 9.17) is 0 Å². The Balaban J connectivity index is 2.55. The lowest BCUT2D eigenvalue weighted by Crippen LogP contribution is -2.34. The highest BCUT2D eigenvalue weighted by Crippen LogP contribution is 2.17. The van der Waals surface area contributed by atoms with Crippen LogP contribution in [0.1, 0.15) is 50.8 Å². The summed E-state index contributed by atoms with van der Waals surface area (Å²) in [6.07, 6.45) is 1.62. The first-order valence-electron chi connectivity index (χ1n) is 7.17. The van der Waals surface area contributed by atoms with Crippen molar-refractivity contribution in [3.05, 3.63) is 35.1 Å². The van der Waals surface area contributed by atoms with E-state index in [1.165, 1.54) is 0 Å². The second kappa shape index (κ2) is 7.61. The van der Waals surface area contributed by atoms with Crippen LogP contribution >= 0.6 is 0 Å². The summed E-state index contributed by atoms with van der Waals surface area (Å²) in [7, 11) is 0. The minimum Gasteiger partial charge on any atom is -0.392 e. The van der Waals surface area contributed by atoms with Gasteiger partial charge in [-0.25, -0.2) is 4.39 Å². The fraction of sp³-hybridized carbons (Fsp3) is 0.625. The summed E-state index contributed by atoms with van der Waals surface area (Å²) in [6.45, 7) is 8.48. The first-order valence-corrected chi connectivity index (χ1v) is 7.17. The van der Waals surface area contributed by atoms with Crippen molar-refractivity contribution in [2.24, 2.45) is 5.92 Å². The largest absolute Gasteiger partial charge is 0.392 e. The van der Waals surface area contributed by atoms with Gasteiger partial charge in [0.05, 0.1) is 6.10 Å². The van der Waals surface area contributed by atoms with Crippen molar-refractivity contribution in [1.29, 1.82) is 0 Å². The average Bonchev–Trinajstić information content (AvgIpc) is 2.40. The molecule has 2 nitrogen and oxygen atoms in total. The predicted molar refractivity (Wildman–Crippen MR) is 77.6 cm³/mol. The summed E-state index contributed by atoms with van der Waals surface area (Å²) in [4.78, 5) is 0. The molecule has 2 atom stereocenters. The minimum atomic E-state index is -0.340. The lowest BCUT2D eigenvalue weighted by atomic mass is 9.96. The van der Waals surface area contributed by atoms with Gasteiger partial charge in [-0.15, -0.1) is 0 Å². The monoisotopic (exact) mass is 267 g/mol. The van der Waals surface area contributed by atoms with E-state index in [0.29, 0.717) is 18.0 Å². The van der Waals surface area contributed by atoms with Crippen LogP contribution < -0.4 is 5.32 Å². The molecule has 108 valence electrons. The van der Waals surface area contributed by atoms with Crippen molar-refractivity contribution >= 4 is 0 Å². The summed E-state index contributed by atoms with van der Waals surface area (Å²) in [5.74, 6) is 0.154. The van der Waals surface area contributed by atoms with Gasteiger partial charge in [0, 0.05) is 12.6 Å². The molecule has 1 aromatic rings. The summed E-state index contributed by atoms with van der Waals surface area (Å²) in [5.41, 5.74) is 1.58. The van der Waals surface area contributed by atoms with Crippen LogP contribution in [0.3, 0.4) is 0 Å². The fourth-order valence-electron chi connectivity index (χ4n) is 2.29. The standard InChI is InChI=1S/C16H26FNO/c1-5-13(6-2)16(19)10-18-12(4)14-8-7-11(3)15(17)9-14/h7-9,12-13,16,18-19H,5-6,10H2,1-4H3. The van der Waals surface area contributed by atoms with Gasteiger partial charge in [-0.3, -0.25) is 0 Å². The highest BCUT2D eigenvalue weighted by molar-refractivity contribution is 5.25. The summed E-state index contributed by atoms with van der Waals surface area (Å²) in [6, 6.07) is 5.33. The minimum absolute atomic E-state index is 0.0408. The first kappa shape index (κ1) is 16.1. The highest BCUT2D eigenvalue weighted by atomic mass is 19.1. The second-order valence-electron chi connectivity index (χ2n) is 5.28. The molecule has 0 spiro atoms. The van der Waals surface area contributed by atoms with E-state index in [9.17, 15) is 9.50 Å². The summed E-state index contributed by atoms with van der Waals surface area (Å²) in [5, 5.41) is 13.3. The van der Waals surface area contributed by atoms with Crippen molar-refractivity contribution in [2.75, 3.05) is 6.54 Å². The summed E-state index contributed by atoms with van der Waals surface area (Å²) >= 11 is 0. The quantitative estimate of drug-likeness (QED) is 0.791. The molecule has 3 heteroatoms. The van der Waals surface area contributed by atoms with E-state index >= 15 is 0 Å². The Morgan fingerprint density at radius 3 is 2.42 bits per heavy atom. The third-order valence-corrected chi connectivity index (χ3v) is 3.92. The Hall–Kier alpha value is -0.930. The molecule has 0 amide bonds. The van der Waals surface area contributed by atoms with Gasteiger partial charge in [-0.1, -0.05) is 38.8 Å². The van der Waals surface area contributed by atoms with E-state index in [2.05, 4.69) is 19.2 Å². The zero-order chi connectivity index (χ0) is 14.4. The van der Waals surface area contributed by atoms with Crippen LogP contribution in [0, 0.1) is 18.7 Å². The van der Waals surface area contributed by atoms with Gasteiger partial charge in [-0.05, 0) is 37.0 Å². The number of aliphatic hydroxyl groups excluding tert-OH is 1. The number of nitrogens with one attached hydrogen (secondary N) is 1. The topological polar surface area (TPSA) is 32.3 Å². The van der Waals surface area contributed by atoms with Crippen molar-refractivity contribution < 1.29 is 9.50 Å². The van der Waals surface area contributed by atoms with E-state index in [-0.39, 0.29) is 18.0 Å². The van der Waals surface area contributed by atoms with E-state index in [1.807, 2.05) is 13.0 Å². The average molecular weight is 267 g/mol. The van der Waals surface area contributed by atoms with Gasteiger partial charge in [-0.2, -0.15) is 0 Å². The normalized spacial score (nSPS) is 14.7. The third kappa shape index (κ3) is 4.59. The maximum atomic E-state index is 13.5. The number of aliphatic hydroxyl groups is 1. The van der Waals surface area contributed by atoms with Crippen LogP contribution in [0.25, 0.3) is 0 Å². The SMILES string of the molecule is CCC(CC)C(O)CNC(C)c1ccc(C)c(F)c1. The molecule has 2 N–H and O–H groups in total. The van der Waals surface area contributed by atoms with Crippen LogP contribution in [-0.2, 0) is 0 Å². The number of benzene rings is 1. The zero-order valence-corrected chi connectivity index (χ0v) is 12.4. The Morgan fingerprint density at radius 1 is 1.26 bits per heavy atom. The molecule has 0 heterocycles. The zero-order valence-electron chi connectivity index (χ0n) is 12.4. The van der Waals surface area contributed by atoms with Gasteiger partial charge < -0.3 is 10.4 Å². The second-order valence-corrected chi connectivity index (χ2v) is 5.28. The lowest BCUT2D eigenvalue weighted by Gasteiger charge is -2.23. The fourth-order valence-corrected chi connectivity index (χ4v) is 2.29. The molecule has 0 aliphatic carbocycles. The maximum Gasteiger partial charge on any atom is 0.126 e. The molecular formula is C16H26FNO. The Bertz CT molecular complexity index is 390. The molecule has 2 unspecified atom stereocenters. The Labute approximate surface area is 116 Å². The molecular weight excluding hydrogens is 241 g/mol. The highest BCUT2D eigenvalue weighted by Gasteiger charge is 2.16. The lowest BCUT2D eigenvalue weighted by molar-refractivity contribution is 0.0989. The molecule has 0 aliphatic rings. The van der Waals surface area contributed by atoms with Gasteiger partial charge in [0.25, 0.3) is 0 Å². The molecule has 0 saturated heterocycles. The number of hydrogen-bond donors (Lipinski definition) is 2. The van der Waals surface area contributed by atoms with E-state index < -0.39 is 0 Å². The number of aryl methyl sites for hydroxylation is 1. The molecule has 0 aromatic heterocycles. The van der Waals surface area contributed by atoms with Crippen LogP contribution in [0.15, 0.2) is 18.2 Å². The molecule has 0 aliphatic heterocycles. The smallest absolute Gasteiger partial charge is 0.126 e. The van der Waals surface area contributed by atoms with Gasteiger partial charge in [0.2, 0.25) is 0 Å². The molecule has 19 heavy (non-hydrogen) atoms. The van der Waals surface area contributed by atoms with Crippen LogP contribution in [0.4, 0.5) is 4.39 Å². The number of halogens is 1. The van der Waals surface area contributed by atoms with Crippen molar-refractivity contribution in [2.45, 2.75) is 52.7 Å². The third-order valence-electron chi connectivity index (χ3n) is 3.92. The molecule has 1 aromatic carbocycles. The Morgan fingerprint density at radius 2 is 1.89 bits per heavy atom. The molecule has 0 fully saturated rings. The van der Waals surface area contributed by atoms with Crippen LogP contribution in [-0.4, -0.2) is 17.8 Å². The van der Waals surface area contributed by atoms with Crippen LogP contribution in [0.2, 0.25) is 0 Å². The van der Waals surface area contributed by atoms with Gasteiger partial charge >= 0.3 is 0 Å². The van der Waals surface area contributed by atoms with Gasteiger partial charge in [0.15, 0.2) is 0 Å². The van der Waals surface area contributed by atoms with Gasteiger partial charge in [0.1, 0.15) is 5.82 Å². The number of rotatable bonds is 7. The van der Waals surface area contributed by atoms with Crippen molar-refractivity contribution in [1.82, 2.24) is 5.32 Å². The van der Waals surface area contributed by atoms with E-state index in [0.717, 1.165) is 18.4 Å². The van der Waals surface area contributed by atoms with E-state index in [1.54, 1.807) is 19.1 Å². The van der Waals surface area contributed by atoms with Crippen LogP contribution in [0.5, 0.6) is 0 Å². The van der Waals surface area contributed by atoms with Crippen molar-refractivity contribution in [3.8, 4) is 0 Å². The molecule has 0 bridgehead atoms. The predicted octanol–water partition coefficient (Wildman–Crippen LogP) is 3.58. The maximum absolute atomic E-state index is 13.5. The first-order chi connectivity index (χ1) is 8.99. The summed E-state index contributed by atoms with van der Waals surface area (Å²) < 4.78 is 13.5. The number of hydrogen-bond acceptors (Lipinski definition) is 2.